The fraction of sp³-hybridized carbons (Fsp3) is 0.417. The van der Waals surface area contributed by atoms with Crippen LogP contribution in [0.15, 0.2) is 22.7 Å². The molecule has 0 aliphatic carbocycles. The highest BCUT2D eigenvalue weighted by Crippen LogP contribution is 2.23. The highest BCUT2D eigenvalue weighted by Gasteiger charge is 2.08. The van der Waals surface area contributed by atoms with Gasteiger partial charge in [-0.05, 0) is 46.5 Å². The van der Waals surface area contributed by atoms with Crippen LogP contribution in [0.4, 0.5) is 4.39 Å². The molecular formula is C12H15BrFNO2. The minimum absolute atomic E-state index is 0.167. The Hall–Kier alpha value is -0.940. The molecule has 0 aliphatic heterocycles. The summed E-state index contributed by atoms with van der Waals surface area (Å²) in [6, 6.07) is 4.51. The largest absolute Gasteiger partial charge is 0.481 e. The van der Waals surface area contributed by atoms with E-state index >= 15 is 0 Å². The van der Waals surface area contributed by atoms with Crippen molar-refractivity contribution in [2.45, 2.75) is 31.7 Å². The van der Waals surface area contributed by atoms with Gasteiger partial charge in [0.1, 0.15) is 5.82 Å². The number of carbonyl (C=O) groups is 1. The lowest BCUT2D eigenvalue weighted by molar-refractivity contribution is -0.137. The summed E-state index contributed by atoms with van der Waals surface area (Å²) in [6.07, 6.45) is 2.24. The van der Waals surface area contributed by atoms with Crippen molar-refractivity contribution in [3.8, 4) is 0 Å². The highest BCUT2D eigenvalue weighted by molar-refractivity contribution is 9.10. The van der Waals surface area contributed by atoms with Crippen LogP contribution in [0, 0.1) is 5.82 Å². The fourth-order valence-corrected chi connectivity index (χ4v) is 1.95. The topological polar surface area (TPSA) is 63.3 Å². The number of rotatable bonds is 6. The van der Waals surface area contributed by atoms with Crippen LogP contribution < -0.4 is 5.73 Å². The lowest BCUT2D eigenvalue weighted by Gasteiger charge is -2.12. The maximum atomic E-state index is 13.0. The molecule has 0 aliphatic rings. The van der Waals surface area contributed by atoms with Crippen LogP contribution in [0.25, 0.3) is 0 Å². The molecule has 0 heterocycles. The molecule has 1 rings (SSSR count). The van der Waals surface area contributed by atoms with Gasteiger partial charge in [-0.3, -0.25) is 4.79 Å². The summed E-state index contributed by atoms with van der Waals surface area (Å²) in [7, 11) is 0. The average Bonchev–Trinajstić information content (AvgIpc) is 2.27. The van der Waals surface area contributed by atoms with Crippen molar-refractivity contribution in [1.29, 1.82) is 0 Å². The van der Waals surface area contributed by atoms with Crippen molar-refractivity contribution in [3.05, 3.63) is 34.1 Å². The van der Waals surface area contributed by atoms with Gasteiger partial charge in [-0.2, -0.15) is 0 Å². The Bertz CT molecular complexity index is 398. The van der Waals surface area contributed by atoms with Crippen LogP contribution in [0.3, 0.4) is 0 Å². The van der Waals surface area contributed by atoms with Crippen LogP contribution in [0.2, 0.25) is 0 Å². The van der Waals surface area contributed by atoms with E-state index in [-0.39, 0.29) is 18.3 Å². The predicted molar refractivity (Wildman–Crippen MR) is 67.1 cm³/mol. The second-order valence-electron chi connectivity index (χ2n) is 3.92. The normalized spacial score (nSPS) is 12.4. The van der Waals surface area contributed by atoms with Crippen molar-refractivity contribution < 1.29 is 14.3 Å². The molecule has 0 spiro atoms. The summed E-state index contributed by atoms with van der Waals surface area (Å²) in [5, 5.41) is 8.48. The number of carboxylic acids is 1. The van der Waals surface area contributed by atoms with Crippen LogP contribution in [0.5, 0.6) is 0 Å². The first-order chi connectivity index (χ1) is 8.00. The molecule has 1 unspecified atom stereocenters. The summed E-state index contributed by atoms with van der Waals surface area (Å²) >= 11 is 3.11. The number of benzene rings is 1. The van der Waals surface area contributed by atoms with Crippen molar-refractivity contribution in [2.24, 2.45) is 5.73 Å². The number of aliphatic carboxylic acids is 1. The Labute approximate surface area is 108 Å². The molecule has 0 aromatic heterocycles. The number of nitrogens with two attached hydrogens (primary N) is 1. The van der Waals surface area contributed by atoms with E-state index in [2.05, 4.69) is 15.9 Å². The van der Waals surface area contributed by atoms with E-state index in [4.69, 9.17) is 10.8 Å². The number of hydrogen-bond donors (Lipinski definition) is 2. The Morgan fingerprint density at radius 3 is 2.76 bits per heavy atom. The molecule has 1 aromatic carbocycles. The minimum Gasteiger partial charge on any atom is -0.481 e. The van der Waals surface area contributed by atoms with Gasteiger partial charge in [-0.1, -0.05) is 12.5 Å². The first-order valence-corrected chi connectivity index (χ1v) is 6.22. The van der Waals surface area contributed by atoms with Gasteiger partial charge in [0.2, 0.25) is 0 Å². The summed E-state index contributed by atoms with van der Waals surface area (Å²) < 4.78 is 13.4. The van der Waals surface area contributed by atoms with E-state index in [1.54, 1.807) is 12.1 Å². The van der Waals surface area contributed by atoms with E-state index in [0.29, 0.717) is 17.3 Å². The molecule has 94 valence electrons. The number of hydrogen-bond acceptors (Lipinski definition) is 2. The van der Waals surface area contributed by atoms with Gasteiger partial charge >= 0.3 is 5.97 Å². The van der Waals surface area contributed by atoms with Crippen LogP contribution in [-0.4, -0.2) is 11.1 Å². The quantitative estimate of drug-likeness (QED) is 0.793. The van der Waals surface area contributed by atoms with Crippen molar-refractivity contribution in [1.82, 2.24) is 0 Å². The highest BCUT2D eigenvalue weighted by atomic mass is 79.9. The molecule has 0 saturated heterocycles. The van der Waals surface area contributed by atoms with Crippen LogP contribution in [0.1, 0.15) is 37.3 Å². The zero-order chi connectivity index (χ0) is 12.8. The zero-order valence-electron chi connectivity index (χ0n) is 9.33. The molecule has 0 fully saturated rings. The minimum atomic E-state index is -0.789. The third kappa shape index (κ3) is 4.83. The molecular weight excluding hydrogens is 289 g/mol. The lowest BCUT2D eigenvalue weighted by Crippen LogP contribution is -2.10. The molecule has 3 nitrogen and oxygen atoms in total. The molecule has 0 saturated carbocycles. The van der Waals surface area contributed by atoms with Gasteiger partial charge in [0, 0.05) is 12.5 Å². The van der Waals surface area contributed by atoms with Gasteiger partial charge in [0.15, 0.2) is 0 Å². The van der Waals surface area contributed by atoms with Crippen LogP contribution >= 0.6 is 15.9 Å². The molecule has 0 bridgehead atoms. The number of carboxylic acid groups (broad SMARTS) is 1. The molecule has 5 heteroatoms. The van der Waals surface area contributed by atoms with E-state index in [1.807, 2.05) is 0 Å². The maximum absolute atomic E-state index is 13.0. The number of halogens is 2. The smallest absolute Gasteiger partial charge is 0.303 e. The molecule has 3 N–H and O–H groups in total. The molecule has 1 aromatic rings. The standard InChI is InChI=1S/C12H15BrFNO2/c13-9-7-8(5-6-10(9)14)11(15)3-1-2-4-12(16)17/h5-7,11H,1-4,15H2,(H,16,17). The van der Waals surface area contributed by atoms with Crippen molar-refractivity contribution in [2.75, 3.05) is 0 Å². The maximum Gasteiger partial charge on any atom is 0.303 e. The van der Waals surface area contributed by atoms with Gasteiger partial charge in [0.05, 0.1) is 4.47 Å². The third-order valence-corrected chi connectivity index (χ3v) is 3.14. The SMILES string of the molecule is NC(CCCCC(=O)O)c1ccc(F)c(Br)c1. The van der Waals surface area contributed by atoms with E-state index in [9.17, 15) is 9.18 Å². The Morgan fingerprint density at radius 1 is 1.47 bits per heavy atom. The zero-order valence-corrected chi connectivity index (χ0v) is 10.9. The van der Waals surface area contributed by atoms with E-state index < -0.39 is 5.97 Å². The first kappa shape index (κ1) is 14.1. The second-order valence-corrected chi connectivity index (χ2v) is 4.77. The van der Waals surface area contributed by atoms with E-state index in [0.717, 1.165) is 12.0 Å². The van der Waals surface area contributed by atoms with Gasteiger partial charge in [-0.15, -0.1) is 0 Å². The molecule has 0 amide bonds. The van der Waals surface area contributed by atoms with Gasteiger partial charge in [0.25, 0.3) is 0 Å². The average molecular weight is 304 g/mol. The summed E-state index contributed by atoms with van der Waals surface area (Å²) in [5.41, 5.74) is 6.80. The molecule has 1 atom stereocenters. The Kier molecular flexibility index (Phi) is 5.58. The third-order valence-electron chi connectivity index (χ3n) is 2.53. The van der Waals surface area contributed by atoms with Crippen LogP contribution in [-0.2, 0) is 4.79 Å². The summed E-state index contributed by atoms with van der Waals surface area (Å²) in [5.74, 6) is -1.10. The predicted octanol–water partition coefficient (Wildman–Crippen LogP) is 3.23. The monoisotopic (exact) mass is 303 g/mol. The lowest BCUT2D eigenvalue weighted by atomic mass is 10.0. The Morgan fingerprint density at radius 2 is 2.18 bits per heavy atom. The van der Waals surface area contributed by atoms with Gasteiger partial charge < -0.3 is 10.8 Å². The second kappa shape index (κ2) is 6.71. The molecule has 0 radical (unpaired) electrons. The fourth-order valence-electron chi connectivity index (χ4n) is 1.55. The molecule has 17 heavy (non-hydrogen) atoms. The van der Waals surface area contributed by atoms with Crippen molar-refractivity contribution >= 4 is 21.9 Å². The van der Waals surface area contributed by atoms with Crippen molar-refractivity contribution in [3.63, 3.8) is 0 Å². The first-order valence-electron chi connectivity index (χ1n) is 5.43. The summed E-state index contributed by atoms with van der Waals surface area (Å²) in [4.78, 5) is 10.3. The summed E-state index contributed by atoms with van der Waals surface area (Å²) in [6.45, 7) is 0. The number of unbranched alkanes of at least 4 members (excludes halogenated alkanes) is 1. The van der Waals surface area contributed by atoms with Gasteiger partial charge in [-0.25, -0.2) is 4.39 Å². The Balaban J connectivity index is 2.44. The van der Waals surface area contributed by atoms with E-state index in [1.165, 1.54) is 6.07 Å².